The van der Waals surface area contributed by atoms with E-state index >= 15 is 0 Å². The zero-order chi connectivity index (χ0) is 38.8. The number of carbonyl (C=O) groups is 5. The Labute approximate surface area is 310 Å². The SMILES string of the molecule is CC1(C)CC(=O)N(C[C@@H](NC(=O)N[C@H](C(=O)N2C[C@H]3[C@H](CCC3(C)C)[C@H]2C2(NC(CC3CCC3)C(=O)C(N)=O)CO2)C(C)(C)C)C(C)(C)C)[C@H](O)C1. The quantitative estimate of drug-likeness (QED) is 0.150. The van der Waals surface area contributed by atoms with Crippen molar-refractivity contribution in [3.05, 3.63) is 0 Å². The van der Waals surface area contributed by atoms with Crippen LogP contribution in [0.2, 0.25) is 0 Å². The molecule has 2 unspecified atom stereocenters. The third-order valence-electron chi connectivity index (χ3n) is 12.9. The molecule has 2 aliphatic carbocycles. The van der Waals surface area contributed by atoms with E-state index in [-0.39, 0.29) is 47.6 Å². The molecule has 0 spiro atoms. The van der Waals surface area contributed by atoms with E-state index in [1.54, 1.807) is 0 Å². The topological polar surface area (TPSA) is 187 Å². The number of rotatable bonds is 12. The number of nitrogens with one attached hydrogen (secondary N) is 3. The van der Waals surface area contributed by atoms with Crippen LogP contribution in [0.1, 0.15) is 121 Å². The Morgan fingerprint density at radius 3 is 2.13 bits per heavy atom. The van der Waals surface area contributed by atoms with E-state index < -0.39 is 64.7 Å². The Balaban J connectivity index is 1.38. The summed E-state index contributed by atoms with van der Waals surface area (Å²) in [5.41, 5.74) is 3.00. The van der Waals surface area contributed by atoms with Gasteiger partial charge in [-0.15, -0.1) is 0 Å². The number of carbonyl (C=O) groups excluding carboxylic acids is 5. The average Bonchev–Trinajstić information content (AvgIpc) is 3.53. The zero-order valence-electron chi connectivity index (χ0n) is 33.3. The Hall–Kier alpha value is -2.77. The van der Waals surface area contributed by atoms with E-state index in [0.717, 1.165) is 32.1 Å². The van der Waals surface area contributed by atoms with Gasteiger partial charge in [-0.2, -0.15) is 0 Å². The molecule has 52 heavy (non-hydrogen) atoms. The van der Waals surface area contributed by atoms with Crippen LogP contribution in [0, 0.1) is 39.4 Å². The third kappa shape index (κ3) is 8.46. The predicted molar refractivity (Wildman–Crippen MR) is 196 cm³/mol. The van der Waals surface area contributed by atoms with Gasteiger partial charge in [-0.3, -0.25) is 24.5 Å². The van der Waals surface area contributed by atoms with Crippen molar-refractivity contribution >= 4 is 29.5 Å². The van der Waals surface area contributed by atoms with E-state index in [1.807, 2.05) is 60.3 Å². The van der Waals surface area contributed by atoms with Crippen LogP contribution in [0.25, 0.3) is 0 Å². The summed E-state index contributed by atoms with van der Waals surface area (Å²) < 4.78 is 6.21. The number of urea groups is 1. The minimum absolute atomic E-state index is 0.0317. The highest BCUT2D eigenvalue weighted by Gasteiger charge is 2.66. The van der Waals surface area contributed by atoms with Crippen LogP contribution in [0.4, 0.5) is 4.79 Å². The molecule has 5 aliphatic rings. The standard InChI is InChI=1S/C39H66N6O7/c1-35(2,3)26(20-44-27(46)17-37(7,8)18-28(44)47)41-34(51)42-30(36(4,5)6)33(50)45-19-24-23(14-15-38(24,9)10)31(45)39(21-52-39)43-25(29(48)32(40)49)16-22-12-11-13-22/h22-27,30-31,43,46H,11-21H2,1-10H3,(H2,40,49)(H2,41,42,51)/t23-,24-,25?,26+,27+,30+,31-,39?/m0/s1. The number of piperidine rings is 1. The van der Waals surface area contributed by atoms with Gasteiger partial charge in [0.1, 0.15) is 12.3 Å². The van der Waals surface area contributed by atoms with Gasteiger partial charge in [-0.05, 0) is 65.1 Å². The summed E-state index contributed by atoms with van der Waals surface area (Å²) in [5.74, 6) is -1.44. The number of nitrogens with two attached hydrogens (primary N) is 1. The van der Waals surface area contributed by atoms with Crippen LogP contribution in [-0.2, 0) is 23.9 Å². The molecule has 5 amide bonds. The fraction of sp³-hybridized carbons (Fsp3) is 0.872. The molecule has 0 aromatic rings. The average molecular weight is 731 g/mol. The third-order valence-corrected chi connectivity index (χ3v) is 12.9. The maximum absolute atomic E-state index is 14.9. The fourth-order valence-corrected chi connectivity index (χ4v) is 9.28. The van der Waals surface area contributed by atoms with E-state index in [2.05, 4.69) is 29.8 Å². The van der Waals surface area contributed by atoms with Crippen molar-refractivity contribution in [1.29, 1.82) is 0 Å². The first-order valence-electron chi connectivity index (χ1n) is 19.5. The number of ether oxygens (including phenoxy) is 1. The smallest absolute Gasteiger partial charge is 0.315 e. The minimum Gasteiger partial charge on any atom is -0.374 e. The number of Topliss-reactive ketones (excluding diaryl/α,β-unsaturated/α-hetero) is 1. The normalized spacial score (nSPS) is 31.6. The molecule has 3 aliphatic heterocycles. The van der Waals surface area contributed by atoms with Crippen molar-refractivity contribution in [2.24, 2.45) is 45.1 Å². The maximum atomic E-state index is 14.9. The summed E-state index contributed by atoms with van der Waals surface area (Å²) in [6, 6.07) is -3.19. The molecule has 8 atom stereocenters. The summed E-state index contributed by atoms with van der Waals surface area (Å²) in [5, 5.41) is 20.4. The number of fused-ring (bicyclic) bond motifs is 1. The number of epoxide rings is 1. The molecule has 13 heteroatoms. The highest BCUT2D eigenvalue weighted by molar-refractivity contribution is 6.37. The first-order chi connectivity index (χ1) is 23.8. The first kappa shape index (κ1) is 40.4. The highest BCUT2D eigenvalue weighted by Crippen LogP contribution is 2.57. The Kier molecular flexibility index (Phi) is 11.0. The molecule has 6 N–H and O–H groups in total. The number of primary amides is 1. The van der Waals surface area contributed by atoms with Gasteiger partial charge in [-0.1, -0.05) is 88.5 Å². The molecule has 5 fully saturated rings. The molecule has 3 saturated heterocycles. The van der Waals surface area contributed by atoms with Gasteiger partial charge >= 0.3 is 6.03 Å². The van der Waals surface area contributed by atoms with Gasteiger partial charge < -0.3 is 36.0 Å². The second-order valence-electron chi connectivity index (χ2n) is 20.3. The molecule has 3 heterocycles. The van der Waals surface area contributed by atoms with Crippen LogP contribution in [0.15, 0.2) is 0 Å². The molecule has 5 rings (SSSR count). The van der Waals surface area contributed by atoms with E-state index in [9.17, 15) is 29.1 Å². The minimum atomic E-state index is -1.01. The van der Waals surface area contributed by atoms with Gasteiger partial charge in [0, 0.05) is 19.5 Å². The Bertz CT molecular complexity index is 1410. The van der Waals surface area contributed by atoms with E-state index in [1.165, 1.54) is 4.90 Å². The molecule has 0 aromatic carbocycles. The summed E-state index contributed by atoms with van der Waals surface area (Å²) in [4.78, 5) is 70.6. The maximum Gasteiger partial charge on any atom is 0.315 e. The number of nitrogens with zero attached hydrogens (tertiary/aromatic N) is 2. The number of ketones is 1. The number of hydrogen-bond donors (Lipinski definition) is 5. The molecular weight excluding hydrogens is 664 g/mol. The van der Waals surface area contributed by atoms with Crippen LogP contribution in [-0.4, -0.2) is 100 Å². The van der Waals surface area contributed by atoms with Crippen molar-refractivity contribution in [1.82, 2.24) is 25.8 Å². The fourth-order valence-electron chi connectivity index (χ4n) is 9.28. The lowest BCUT2D eigenvalue weighted by molar-refractivity contribution is -0.155. The van der Waals surface area contributed by atoms with Gasteiger partial charge in [0.2, 0.25) is 17.6 Å². The van der Waals surface area contributed by atoms with Crippen molar-refractivity contribution in [2.75, 3.05) is 19.7 Å². The number of likely N-dealkylation sites (tertiary alicyclic amines) is 2. The number of aliphatic hydroxyl groups excluding tert-OH is 1. The Morgan fingerprint density at radius 2 is 1.63 bits per heavy atom. The van der Waals surface area contributed by atoms with Gasteiger partial charge in [0.05, 0.1) is 24.7 Å². The van der Waals surface area contributed by atoms with Crippen LogP contribution in [0.5, 0.6) is 0 Å². The van der Waals surface area contributed by atoms with Crippen molar-refractivity contribution < 1.29 is 33.8 Å². The van der Waals surface area contributed by atoms with Gasteiger partial charge in [0.25, 0.3) is 5.91 Å². The second-order valence-corrected chi connectivity index (χ2v) is 20.3. The lowest BCUT2D eigenvalue weighted by Crippen LogP contribution is -2.64. The lowest BCUT2D eigenvalue weighted by atomic mass is 9.78. The monoisotopic (exact) mass is 730 g/mol. The van der Waals surface area contributed by atoms with Crippen LogP contribution < -0.4 is 21.7 Å². The van der Waals surface area contributed by atoms with Crippen molar-refractivity contribution in [2.45, 2.75) is 157 Å². The van der Waals surface area contributed by atoms with Crippen molar-refractivity contribution in [3.63, 3.8) is 0 Å². The summed E-state index contributed by atoms with van der Waals surface area (Å²) in [6.07, 6.45) is 5.24. The molecule has 0 bridgehead atoms. The highest BCUT2D eigenvalue weighted by atomic mass is 16.6. The summed E-state index contributed by atoms with van der Waals surface area (Å²) >= 11 is 0. The van der Waals surface area contributed by atoms with Gasteiger partial charge in [-0.25, -0.2) is 4.79 Å². The van der Waals surface area contributed by atoms with E-state index in [4.69, 9.17) is 10.5 Å². The van der Waals surface area contributed by atoms with Crippen molar-refractivity contribution in [3.8, 4) is 0 Å². The second kappa shape index (κ2) is 14.1. The number of hydrogen-bond acceptors (Lipinski definition) is 8. The largest absolute Gasteiger partial charge is 0.374 e. The zero-order valence-corrected chi connectivity index (χ0v) is 33.3. The molecule has 0 radical (unpaired) electrons. The molecular formula is C39H66N6O7. The van der Waals surface area contributed by atoms with Gasteiger partial charge in [0.15, 0.2) is 5.72 Å². The number of amides is 5. The predicted octanol–water partition coefficient (Wildman–Crippen LogP) is 3.27. The molecule has 0 aromatic heterocycles. The van der Waals surface area contributed by atoms with E-state index in [0.29, 0.717) is 31.7 Å². The molecule has 13 nitrogen and oxygen atoms in total. The lowest BCUT2D eigenvalue weighted by Gasteiger charge is -2.44. The van der Waals surface area contributed by atoms with Crippen LogP contribution in [0.3, 0.4) is 0 Å². The molecule has 294 valence electrons. The summed E-state index contributed by atoms with van der Waals surface area (Å²) in [6.45, 7) is 20.9. The van der Waals surface area contributed by atoms with Crippen LogP contribution >= 0.6 is 0 Å². The molecule has 2 saturated carbocycles. The number of aliphatic hydroxyl groups is 1. The summed E-state index contributed by atoms with van der Waals surface area (Å²) in [7, 11) is 0. The Morgan fingerprint density at radius 1 is 1.00 bits per heavy atom. The first-order valence-corrected chi connectivity index (χ1v) is 19.5.